The van der Waals surface area contributed by atoms with Gasteiger partial charge in [-0.2, -0.15) is 0 Å². The smallest absolute Gasteiger partial charge is 0.0467 e. The Bertz CT molecular complexity index is 2980. The van der Waals surface area contributed by atoms with Gasteiger partial charge < -0.3 is 4.90 Å². The van der Waals surface area contributed by atoms with Gasteiger partial charge in [0.15, 0.2) is 0 Å². The van der Waals surface area contributed by atoms with E-state index in [-0.39, 0.29) is 0 Å². The lowest BCUT2D eigenvalue weighted by Gasteiger charge is -2.27. The minimum Gasteiger partial charge on any atom is -0.310 e. The first kappa shape index (κ1) is 35.7. The summed E-state index contributed by atoms with van der Waals surface area (Å²) < 4.78 is 0. The minimum absolute atomic E-state index is 1.09. The fourth-order valence-electron chi connectivity index (χ4n) is 8.63. The van der Waals surface area contributed by atoms with Crippen molar-refractivity contribution in [1.82, 2.24) is 0 Å². The summed E-state index contributed by atoms with van der Waals surface area (Å²) >= 11 is 0. The Kier molecular flexibility index (Phi) is 9.68. The van der Waals surface area contributed by atoms with Gasteiger partial charge in [0.2, 0.25) is 0 Å². The number of benzene rings is 10. The van der Waals surface area contributed by atoms with E-state index in [1.807, 2.05) is 0 Å². The van der Waals surface area contributed by atoms with Crippen LogP contribution in [-0.2, 0) is 0 Å². The molecule has 1 heteroatoms. The van der Waals surface area contributed by atoms with E-state index in [0.717, 1.165) is 22.6 Å². The second-order valence-corrected chi connectivity index (χ2v) is 14.8. The molecule has 0 unspecified atom stereocenters. The van der Waals surface area contributed by atoms with Gasteiger partial charge in [-0.05, 0) is 114 Å². The second kappa shape index (κ2) is 16.0. The van der Waals surface area contributed by atoms with Crippen molar-refractivity contribution in [3.8, 4) is 66.8 Å². The Labute approximate surface area is 346 Å². The van der Waals surface area contributed by atoms with E-state index >= 15 is 0 Å². The first-order chi connectivity index (χ1) is 29.3. The summed E-state index contributed by atoms with van der Waals surface area (Å²) in [5.74, 6) is 0. The van der Waals surface area contributed by atoms with Gasteiger partial charge in [-0.3, -0.25) is 0 Å². The van der Waals surface area contributed by atoms with Gasteiger partial charge in [-0.15, -0.1) is 0 Å². The number of nitrogens with zero attached hydrogens (tertiary/aromatic N) is 1. The Balaban J connectivity index is 1.24. The quantitative estimate of drug-likeness (QED) is 0.142. The van der Waals surface area contributed by atoms with Crippen molar-refractivity contribution in [1.29, 1.82) is 0 Å². The maximum absolute atomic E-state index is 2.35. The zero-order valence-corrected chi connectivity index (χ0v) is 32.6. The molecule has 0 amide bonds. The van der Waals surface area contributed by atoms with E-state index in [4.69, 9.17) is 0 Å². The molecule has 0 N–H and O–H groups in total. The zero-order valence-electron chi connectivity index (χ0n) is 32.6. The molecule has 0 aliphatic heterocycles. The molecule has 0 atom stereocenters. The maximum Gasteiger partial charge on any atom is 0.0467 e. The van der Waals surface area contributed by atoms with Crippen LogP contribution in [0.3, 0.4) is 0 Å². The zero-order chi connectivity index (χ0) is 39.4. The van der Waals surface area contributed by atoms with Crippen LogP contribution in [0.15, 0.2) is 249 Å². The summed E-state index contributed by atoms with van der Waals surface area (Å²) in [7, 11) is 0. The molecule has 0 spiro atoms. The molecule has 0 radical (unpaired) electrons. The van der Waals surface area contributed by atoms with Gasteiger partial charge in [0.1, 0.15) is 0 Å². The number of rotatable bonds is 9. The Morgan fingerprint density at radius 1 is 0.220 bits per heavy atom. The fraction of sp³-hybridized carbons (Fsp3) is 0. The lowest BCUT2D eigenvalue weighted by atomic mass is 9.77. The first-order valence-corrected chi connectivity index (χ1v) is 20.3. The predicted octanol–water partition coefficient (Wildman–Crippen LogP) is 16.3. The molecule has 0 saturated carbocycles. The van der Waals surface area contributed by atoms with Crippen LogP contribution in [0.5, 0.6) is 0 Å². The average molecular weight is 752 g/mol. The lowest BCUT2D eigenvalue weighted by molar-refractivity contribution is 1.28. The molecule has 59 heavy (non-hydrogen) atoms. The number of para-hydroxylation sites is 1. The molecule has 0 aliphatic rings. The second-order valence-electron chi connectivity index (χ2n) is 14.8. The summed E-state index contributed by atoms with van der Waals surface area (Å²) in [6.45, 7) is 0. The molecule has 10 aromatic carbocycles. The topological polar surface area (TPSA) is 3.24 Å². The Morgan fingerprint density at radius 3 is 1.15 bits per heavy atom. The van der Waals surface area contributed by atoms with Gasteiger partial charge in [-0.25, -0.2) is 0 Å². The first-order valence-electron chi connectivity index (χ1n) is 20.3. The third-order valence-electron chi connectivity index (χ3n) is 11.2. The fourth-order valence-corrected chi connectivity index (χ4v) is 8.63. The molecule has 0 aromatic heterocycles. The molecule has 0 heterocycles. The monoisotopic (exact) mass is 751 g/mol. The van der Waals surface area contributed by atoms with Gasteiger partial charge in [0.25, 0.3) is 0 Å². The van der Waals surface area contributed by atoms with Crippen LogP contribution < -0.4 is 4.90 Å². The number of hydrogen-bond acceptors (Lipinski definition) is 1. The molecule has 10 rings (SSSR count). The summed E-state index contributed by atoms with van der Waals surface area (Å²) in [5, 5.41) is 2.46. The summed E-state index contributed by atoms with van der Waals surface area (Å²) in [4.78, 5) is 2.35. The minimum atomic E-state index is 1.09. The number of hydrogen-bond donors (Lipinski definition) is 0. The summed E-state index contributed by atoms with van der Waals surface area (Å²) in [6.07, 6.45) is 0. The van der Waals surface area contributed by atoms with Gasteiger partial charge in [0.05, 0.1) is 0 Å². The molecule has 0 bridgehead atoms. The van der Waals surface area contributed by atoms with Crippen LogP contribution in [-0.4, -0.2) is 0 Å². The lowest BCUT2D eigenvalue weighted by Crippen LogP contribution is -2.09. The van der Waals surface area contributed by atoms with Crippen LogP contribution >= 0.6 is 0 Å². The summed E-state index contributed by atoms with van der Waals surface area (Å²) in [6, 6.07) is 89.8. The van der Waals surface area contributed by atoms with Crippen LogP contribution in [0.1, 0.15) is 0 Å². The average Bonchev–Trinajstić information content (AvgIpc) is 3.33. The molecule has 278 valence electrons. The highest BCUT2D eigenvalue weighted by molar-refractivity contribution is 6.21. The predicted molar refractivity (Wildman–Crippen MR) is 251 cm³/mol. The highest BCUT2D eigenvalue weighted by Crippen LogP contribution is 2.53. The molecule has 0 saturated heterocycles. The van der Waals surface area contributed by atoms with Crippen molar-refractivity contribution in [3.05, 3.63) is 249 Å². The highest BCUT2D eigenvalue weighted by Gasteiger charge is 2.26. The molecule has 0 aliphatic carbocycles. The van der Waals surface area contributed by atoms with Crippen LogP contribution in [0.25, 0.3) is 77.5 Å². The Hall–Kier alpha value is -7.74. The van der Waals surface area contributed by atoms with E-state index in [9.17, 15) is 0 Å². The highest BCUT2D eigenvalue weighted by atomic mass is 15.1. The standard InChI is InChI=1S/C58H41N/c1-7-21-42(22-8-1)48-31-19-34-51(41-48)59(49-32-17-6-18-33-49)50-39-37-43(38-40-50)52-35-20-36-53-54(44-23-9-2-10-24-44)55(45-25-11-3-12-26-45)56(46-27-13-4-14-28-46)57(58(52)53)47-29-15-5-16-30-47/h1-41H. The number of anilines is 3. The van der Waals surface area contributed by atoms with Crippen LogP contribution in [0.2, 0.25) is 0 Å². The number of fused-ring (bicyclic) bond motifs is 1. The SMILES string of the molecule is c1ccc(-c2cccc(N(c3ccccc3)c3ccc(-c4cccc5c(-c6ccccc6)c(-c6ccccc6)c(-c6ccccc6)c(-c6ccccc6)c45)cc3)c2)cc1. The van der Waals surface area contributed by atoms with Crippen LogP contribution in [0.4, 0.5) is 17.1 Å². The third kappa shape index (κ3) is 6.90. The van der Waals surface area contributed by atoms with Gasteiger partial charge in [-0.1, -0.05) is 212 Å². The van der Waals surface area contributed by atoms with Gasteiger partial charge >= 0.3 is 0 Å². The van der Waals surface area contributed by atoms with E-state index in [1.54, 1.807) is 0 Å². The molecule has 10 aromatic rings. The third-order valence-corrected chi connectivity index (χ3v) is 11.2. The van der Waals surface area contributed by atoms with Crippen LogP contribution in [0, 0.1) is 0 Å². The van der Waals surface area contributed by atoms with Crippen molar-refractivity contribution in [2.45, 2.75) is 0 Å². The van der Waals surface area contributed by atoms with E-state index in [1.165, 1.54) is 72.0 Å². The van der Waals surface area contributed by atoms with E-state index < -0.39 is 0 Å². The summed E-state index contributed by atoms with van der Waals surface area (Å²) in [5.41, 5.74) is 17.7. The largest absolute Gasteiger partial charge is 0.310 e. The van der Waals surface area contributed by atoms with Crippen molar-refractivity contribution in [2.75, 3.05) is 4.90 Å². The van der Waals surface area contributed by atoms with Gasteiger partial charge in [0, 0.05) is 17.1 Å². The maximum atomic E-state index is 2.35. The normalized spacial score (nSPS) is 11.1. The van der Waals surface area contributed by atoms with Crippen molar-refractivity contribution in [2.24, 2.45) is 0 Å². The van der Waals surface area contributed by atoms with E-state index in [0.29, 0.717) is 0 Å². The Morgan fingerprint density at radius 2 is 0.610 bits per heavy atom. The molecular formula is C58H41N. The van der Waals surface area contributed by atoms with Crippen molar-refractivity contribution in [3.63, 3.8) is 0 Å². The molecular weight excluding hydrogens is 711 g/mol. The van der Waals surface area contributed by atoms with E-state index in [2.05, 4.69) is 254 Å². The molecule has 0 fully saturated rings. The molecule has 1 nitrogen and oxygen atoms in total. The van der Waals surface area contributed by atoms with Crippen molar-refractivity contribution < 1.29 is 0 Å². The van der Waals surface area contributed by atoms with Crippen molar-refractivity contribution >= 4 is 27.8 Å².